The van der Waals surface area contributed by atoms with Crippen LogP contribution in [0, 0.1) is 11.8 Å². The van der Waals surface area contributed by atoms with E-state index in [2.05, 4.69) is 41.3 Å². The zero-order chi connectivity index (χ0) is 20.4. The maximum absolute atomic E-state index is 12.9. The molecular formula is C23H31ClN4O. The first-order chi connectivity index (χ1) is 14.0. The molecule has 4 rings (SSSR count). The van der Waals surface area contributed by atoms with Gasteiger partial charge in [0.2, 0.25) is 5.28 Å². The molecule has 3 unspecified atom stereocenters. The summed E-state index contributed by atoms with van der Waals surface area (Å²) in [6, 6.07) is 2.16. The van der Waals surface area contributed by atoms with E-state index < -0.39 is 0 Å². The molecule has 3 atom stereocenters. The minimum atomic E-state index is 0.102. The molecule has 1 N–H and O–H groups in total. The molecular weight excluding hydrogens is 384 g/mol. The SMILES string of the molecule is CC(C)C1CCN(C(=O)NC2CCCCC3=C2C=CC(c2ccnc(Cl)n2)C3)C1. The van der Waals surface area contributed by atoms with Crippen LogP contribution in [0.1, 0.15) is 64.0 Å². The number of carbonyl (C=O) groups excluding carboxylic acids is 1. The average Bonchev–Trinajstić information content (AvgIpc) is 3.13. The van der Waals surface area contributed by atoms with Crippen LogP contribution in [0.4, 0.5) is 4.79 Å². The Kier molecular flexibility index (Phi) is 6.23. The molecule has 0 radical (unpaired) electrons. The molecule has 3 aliphatic rings. The fourth-order valence-electron chi connectivity index (χ4n) is 4.90. The Morgan fingerprint density at radius 1 is 1.31 bits per heavy atom. The molecule has 1 fully saturated rings. The van der Waals surface area contributed by atoms with Crippen LogP contribution < -0.4 is 5.32 Å². The molecule has 2 heterocycles. The zero-order valence-electron chi connectivity index (χ0n) is 17.4. The van der Waals surface area contributed by atoms with Gasteiger partial charge in [-0.3, -0.25) is 0 Å². The normalized spacial score (nSPS) is 27.2. The van der Waals surface area contributed by atoms with Gasteiger partial charge >= 0.3 is 6.03 Å². The number of hydrogen-bond donors (Lipinski definition) is 1. The number of nitrogens with zero attached hydrogens (tertiary/aromatic N) is 3. The smallest absolute Gasteiger partial charge is 0.317 e. The minimum Gasteiger partial charge on any atom is -0.331 e. The summed E-state index contributed by atoms with van der Waals surface area (Å²) in [6.07, 6.45) is 12.7. The fraction of sp³-hybridized carbons (Fsp3) is 0.609. The Balaban J connectivity index is 1.45. The Bertz CT molecular complexity index is 819. The van der Waals surface area contributed by atoms with E-state index in [1.807, 2.05) is 11.0 Å². The molecule has 0 bridgehead atoms. The van der Waals surface area contributed by atoms with Crippen LogP contribution in [0.15, 0.2) is 35.6 Å². The summed E-state index contributed by atoms with van der Waals surface area (Å²) in [5.41, 5.74) is 3.73. The highest BCUT2D eigenvalue weighted by Gasteiger charge is 2.31. The molecule has 0 spiro atoms. The molecule has 0 aromatic carbocycles. The van der Waals surface area contributed by atoms with Gasteiger partial charge in [0.1, 0.15) is 0 Å². The lowest BCUT2D eigenvalue weighted by Gasteiger charge is -2.28. The molecule has 29 heavy (non-hydrogen) atoms. The highest BCUT2D eigenvalue weighted by molar-refractivity contribution is 6.28. The molecule has 1 aliphatic heterocycles. The summed E-state index contributed by atoms with van der Waals surface area (Å²) < 4.78 is 0. The Hall–Kier alpha value is -1.88. The van der Waals surface area contributed by atoms with Crippen LogP contribution in [0.25, 0.3) is 0 Å². The van der Waals surface area contributed by atoms with Crippen molar-refractivity contribution in [2.45, 2.75) is 64.3 Å². The van der Waals surface area contributed by atoms with Crippen molar-refractivity contribution >= 4 is 17.6 Å². The van der Waals surface area contributed by atoms with Crippen LogP contribution in [-0.2, 0) is 0 Å². The second kappa shape index (κ2) is 8.86. The van der Waals surface area contributed by atoms with Gasteiger partial charge < -0.3 is 10.2 Å². The predicted octanol–water partition coefficient (Wildman–Crippen LogP) is 5.10. The summed E-state index contributed by atoms with van der Waals surface area (Å²) in [4.78, 5) is 23.3. The number of hydrogen-bond acceptors (Lipinski definition) is 3. The third-order valence-electron chi connectivity index (χ3n) is 6.76. The molecule has 2 amide bonds. The van der Waals surface area contributed by atoms with Crippen molar-refractivity contribution in [3.63, 3.8) is 0 Å². The molecule has 6 heteroatoms. The third kappa shape index (κ3) is 4.66. The predicted molar refractivity (Wildman–Crippen MR) is 116 cm³/mol. The van der Waals surface area contributed by atoms with E-state index in [4.69, 9.17) is 11.6 Å². The quantitative estimate of drug-likeness (QED) is 0.700. The lowest BCUT2D eigenvalue weighted by molar-refractivity contribution is 0.202. The summed E-state index contributed by atoms with van der Waals surface area (Å²) >= 11 is 5.99. The number of allylic oxidation sites excluding steroid dienone is 2. The maximum atomic E-state index is 12.9. The second-order valence-electron chi connectivity index (χ2n) is 8.97. The second-order valence-corrected chi connectivity index (χ2v) is 9.30. The maximum Gasteiger partial charge on any atom is 0.317 e. The van der Waals surface area contributed by atoms with Crippen LogP contribution in [0.5, 0.6) is 0 Å². The van der Waals surface area contributed by atoms with Crippen LogP contribution in [0.2, 0.25) is 5.28 Å². The Morgan fingerprint density at radius 3 is 2.93 bits per heavy atom. The van der Waals surface area contributed by atoms with Gasteiger partial charge in [-0.05, 0) is 67.2 Å². The molecule has 5 nitrogen and oxygen atoms in total. The number of urea groups is 1. The highest BCUT2D eigenvalue weighted by Crippen LogP contribution is 2.37. The van der Waals surface area contributed by atoms with E-state index in [9.17, 15) is 4.79 Å². The van der Waals surface area contributed by atoms with Crippen molar-refractivity contribution in [2.75, 3.05) is 13.1 Å². The molecule has 1 aromatic rings. The largest absolute Gasteiger partial charge is 0.331 e. The summed E-state index contributed by atoms with van der Waals surface area (Å²) in [7, 11) is 0. The third-order valence-corrected chi connectivity index (χ3v) is 6.94. The topological polar surface area (TPSA) is 58.1 Å². The van der Waals surface area contributed by atoms with Crippen molar-refractivity contribution in [3.05, 3.63) is 46.5 Å². The number of likely N-dealkylation sites (tertiary alicyclic amines) is 1. The van der Waals surface area contributed by atoms with Gasteiger partial charge in [0, 0.05) is 25.2 Å². The first kappa shape index (κ1) is 20.4. The van der Waals surface area contributed by atoms with Gasteiger partial charge in [-0.2, -0.15) is 0 Å². The number of nitrogens with one attached hydrogen (secondary N) is 1. The first-order valence-corrected chi connectivity index (χ1v) is 11.3. The van der Waals surface area contributed by atoms with E-state index in [-0.39, 0.29) is 18.0 Å². The number of aromatic nitrogens is 2. The fourth-order valence-corrected chi connectivity index (χ4v) is 5.06. The number of rotatable bonds is 3. The molecule has 2 aliphatic carbocycles. The van der Waals surface area contributed by atoms with Gasteiger partial charge in [-0.15, -0.1) is 0 Å². The van der Waals surface area contributed by atoms with Crippen molar-refractivity contribution in [2.24, 2.45) is 11.8 Å². The molecule has 0 saturated carbocycles. The molecule has 1 saturated heterocycles. The van der Waals surface area contributed by atoms with Crippen molar-refractivity contribution in [3.8, 4) is 0 Å². The Morgan fingerprint density at radius 2 is 2.17 bits per heavy atom. The molecule has 156 valence electrons. The van der Waals surface area contributed by atoms with E-state index in [1.165, 1.54) is 17.6 Å². The van der Waals surface area contributed by atoms with Gasteiger partial charge in [-0.1, -0.05) is 38.0 Å². The number of amides is 2. The number of halogens is 1. The lowest BCUT2D eigenvalue weighted by atomic mass is 9.84. The summed E-state index contributed by atoms with van der Waals surface area (Å²) in [5, 5.41) is 3.65. The van der Waals surface area contributed by atoms with E-state index in [0.717, 1.165) is 50.9 Å². The minimum absolute atomic E-state index is 0.102. The van der Waals surface area contributed by atoms with Gasteiger partial charge in [-0.25, -0.2) is 14.8 Å². The van der Waals surface area contributed by atoms with E-state index in [1.54, 1.807) is 6.20 Å². The van der Waals surface area contributed by atoms with E-state index in [0.29, 0.717) is 17.1 Å². The van der Waals surface area contributed by atoms with Crippen LogP contribution in [0.3, 0.4) is 0 Å². The first-order valence-electron chi connectivity index (χ1n) is 10.9. The highest BCUT2D eigenvalue weighted by atomic mass is 35.5. The average molecular weight is 415 g/mol. The summed E-state index contributed by atoms with van der Waals surface area (Å²) in [6.45, 7) is 6.26. The van der Waals surface area contributed by atoms with Crippen LogP contribution >= 0.6 is 11.6 Å². The van der Waals surface area contributed by atoms with Crippen molar-refractivity contribution < 1.29 is 4.79 Å². The summed E-state index contributed by atoms with van der Waals surface area (Å²) in [5.74, 6) is 1.49. The van der Waals surface area contributed by atoms with Crippen molar-refractivity contribution in [1.29, 1.82) is 0 Å². The zero-order valence-corrected chi connectivity index (χ0v) is 18.2. The van der Waals surface area contributed by atoms with Gasteiger partial charge in [0.25, 0.3) is 0 Å². The Labute approximate surface area is 178 Å². The van der Waals surface area contributed by atoms with Crippen LogP contribution in [-0.4, -0.2) is 40.0 Å². The van der Waals surface area contributed by atoms with E-state index >= 15 is 0 Å². The lowest BCUT2D eigenvalue weighted by Crippen LogP contribution is -2.44. The van der Waals surface area contributed by atoms with Gasteiger partial charge in [0.05, 0.1) is 11.7 Å². The van der Waals surface area contributed by atoms with Crippen molar-refractivity contribution in [1.82, 2.24) is 20.2 Å². The standard InChI is InChI=1S/C23H31ClN4O/c1-15(2)18-10-12-28(14-18)23(29)27-21-6-4-3-5-16-13-17(7-8-19(16)21)20-9-11-25-22(24)26-20/h7-9,11,15,17-18,21H,3-6,10,12-14H2,1-2H3,(H,27,29). The van der Waals surface area contributed by atoms with Gasteiger partial charge in [0.15, 0.2) is 0 Å². The number of carbonyl (C=O) groups is 1. The molecule has 1 aromatic heterocycles. The monoisotopic (exact) mass is 414 g/mol.